The van der Waals surface area contributed by atoms with E-state index in [-0.39, 0.29) is 17.2 Å². The van der Waals surface area contributed by atoms with Gasteiger partial charge < -0.3 is 10.3 Å². The van der Waals surface area contributed by atoms with Crippen molar-refractivity contribution in [1.29, 1.82) is 0 Å². The highest BCUT2D eigenvalue weighted by Crippen LogP contribution is 2.49. The van der Waals surface area contributed by atoms with Crippen molar-refractivity contribution in [2.45, 2.75) is 50.5 Å². The van der Waals surface area contributed by atoms with Gasteiger partial charge in [-0.1, -0.05) is 54.6 Å². The summed E-state index contributed by atoms with van der Waals surface area (Å²) in [5, 5.41) is 3.23. The summed E-state index contributed by atoms with van der Waals surface area (Å²) >= 11 is 0. The first kappa shape index (κ1) is 21.2. The lowest BCUT2D eigenvalue weighted by molar-refractivity contribution is 0.0875. The highest BCUT2D eigenvalue weighted by atomic mass is 16.2. The number of rotatable bonds is 5. The van der Waals surface area contributed by atoms with Crippen molar-refractivity contribution in [3.05, 3.63) is 94.3 Å². The van der Waals surface area contributed by atoms with Gasteiger partial charge in [0.1, 0.15) is 0 Å². The lowest BCUT2D eigenvalue weighted by atomic mass is 9.75. The minimum absolute atomic E-state index is 0.0486. The lowest BCUT2D eigenvalue weighted by Crippen LogP contribution is -2.45. The van der Waals surface area contributed by atoms with Crippen LogP contribution in [0.15, 0.2) is 60.8 Å². The zero-order valence-electron chi connectivity index (χ0n) is 19.9. The van der Waals surface area contributed by atoms with E-state index in [0.29, 0.717) is 17.8 Å². The number of ketones is 1. The van der Waals surface area contributed by atoms with Crippen molar-refractivity contribution in [3.63, 3.8) is 0 Å². The summed E-state index contributed by atoms with van der Waals surface area (Å²) in [5.41, 5.74) is 8.47. The van der Waals surface area contributed by atoms with Gasteiger partial charge in [-0.05, 0) is 55.2 Å². The van der Waals surface area contributed by atoms with E-state index in [1.54, 1.807) is 0 Å². The standard InChI is InChI=1S/C30H26N4O2/c35-23(14-7-18-5-2-1-3-6-18)19-8-10-20(11-9-19)28-31-17-21-12-13-22-24-27(32-26(22)25(21)33-28)30(15-4-16-30)34-29(24)36/h1-3,5-6,8-11,17,32H,4,7,12-16H2,(H,34,36). The number of nitrogens with zero attached hydrogens (tertiary/aromatic N) is 2. The summed E-state index contributed by atoms with van der Waals surface area (Å²) in [6, 6.07) is 17.7. The third-order valence-electron chi connectivity index (χ3n) is 8.06. The average molecular weight is 475 g/mol. The number of aryl methyl sites for hydroxylation is 2. The summed E-state index contributed by atoms with van der Waals surface area (Å²) in [5.74, 6) is 0.806. The molecule has 6 nitrogen and oxygen atoms in total. The third-order valence-corrected chi connectivity index (χ3v) is 8.06. The smallest absolute Gasteiger partial charge is 0.254 e. The number of aromatic amines is 1. The van der Waals surface area contributed by atoms with Crippen LogP contribution in [0.1, 0.15) is 68.8 Å². The molecule has 2 N–H and O–H groups in total. The molecule has 0 unspecified atom stereocenters. The molecule has 1 aliphatic heterocycles. The van der Waals surface area contributed by atoms with Crippen molar-refractivity contribution in [2.75, 3.05) is 0 Å². The highest BCUT2D eigenvalue weighted by Gasteiger charge is 2.50. The van der Waals surface area contributed by atoms with Crippen LogP contribution in [0.3, 0.4) is 0 Å². The maximum Gasteiger partial charge on any atom is 0.254 e. The second-order valence-electron chi connectivity index (χ2n) is 10.2. The molecule has 2 aliphatic carbocycles. The Morgan fingerprint density at radius 1 is 1.00 bits per heavy atom. The van der Waals surface area contributed by atoms with Crippen LogP contribution in [0.2, 0.25) is 0 Å². The van der Waals surface area contributed by atoms with Crippen molar-refractivity contribution in [3.8, 4) is 22.8 Å². The van der Waals surface area contributed by atoms with Gasteiger partial charge in [0.15, 0.2) is 11.6 Å². The minimum Gasteiger partial charge on any atom is -0.354 e. The summed E-state index contributed by atoms with van der Waals surface area (Å²) in [6.07, 6.45) is 7.88. The highest BCUT2D eigenvalue weighted by molar-refractivity contribution is 6.03. The van der Waals surface area contributed by atoms with Crippen molar-refractivity contribution < 1.29 is 9.59 Å². The van der Waals surface area contributed by atoms with Crippen LogP contribution in [0.4, 0.5) is 0 Å². The fourth-order valence-corrected chi connectivity index (χ4v) is 5.91. The molecule has 1 amide bonds. The van der Waals surface area contributed by atoms with E-state index in [4.69, 9.17) is 4.98 Å². The number of Topliss-reactive ketones (excluding diaryl/α,β-unsaturated/α-hetero) is 1. The number of hydrogen-bond acceptors (Lipinski definition) is 4. The fraction of sp³-hybridized carbons (Fsp3) is 0.267. The molecule has 36 heavy (non-hydrogen) atoms. The van der Waals surface area contributed by atoms with Crippen LogP contribution >= 0.6 is 0 Å². The summed E-state index contributed by atoms with van der Waals surface area (Å²) in [4.78, 5) is 38.7. The minimum atomic E-state index is -0.206. The summed E-state index contributed by atoms with van der Waals surface area (Å²) in [7, 11) is 0. The predicted octanol–water partition coefficient (Wildman–Crippen LogP) is 5.18. The quantitative estimate of drug-likeness (QED) is 0.391. The van der Waals surface area contributed by atoms with Crippen LogP contribution in [-0.2, 0) is 24.8 Å². The number of aromatic nitrogens is 3. The van der Waals surface area contributed by atoms with Crippen LogP contribution in [0.25, 0.3) is 22.8 Å². The van der Waals surface area contributed by atoms with Gasteiger partial charge in [0.2, 0.25) is 0 Å². The summed E-state index contributed by atoms with van der Waals surface area (Å²) < 4.78 is 0. The van der Waals surface area contributed by atoms with Gasteiger partial charge in [-0.3, -0.25) is 9.59 Å². The van der Waals surface area contributed by atoms with Crippen LogP contribution < -0.4 is 5.32 Å². The molecule has 1 fully saturated rings. The Labute approximate surface area is 209 Å². The number of carbonyl (C=O) groups is 2. The van der Waals surface area contributed by atoms with Crippen molar-refractivity contribution in [1.82, 2.24) is 20.3 Å². The first-order valence-electron chi connectivity index (χ1n) is 12.7. The van der Waals surface area contributed by atoms with Crippen LogP contribution in [0, 0.1) is 0 Å². The molecule has 0 radical (unpaired) electrons. The molecule has 1 spiro atoms. The first-order chi connectivity index (χ1) is 17.6. The molecule has 4 aromatic rings. The van der Waals surface area contributed by atoms with E-state index in [2.05, 4.69) is 15.3 Å². The second-order valence-corrected chi connectivity index (χ2v) is 10.2. The average Bonchev–Trinajstić information content (AvgIpc) is 3.43. The van der Waals surface area contributed by atoms with E-state index < -0.39 is 0 Å². The van der Waals surface area contributed by atoms with Gasteiger partial charge in [-0.25, -0.2) is 9.97 Å². The Morgan fingerprint density at radius 2 is 1.81 bits per heavy atom. The molecule has 7 rings (SSSR count). The SMILES string of the molecule is O=C(CCc1ccccc1)c1ccc(-c2ncc3c(n2)-c2[nH]c4c(c2CC3)C(=O)NC42CCC2)cc1. The van der Waals surface area contributed by atoms with E-state index in [9.17, 15) is 9.59 Å². The summed E-state index contributed by atoms with van der Waals surface area (Å²) in [6.45, 7) is 0. The molecule has 2 aromatic heterocycles. The molecular weight excluding hydrogens is 448 g/mol. The van der Waals surface area contributed by atoms with Gasteiger partial charge in [0.05, 0.1) is 28.2 Å². The van der Waals surface area contributed by atoms with E-state index >= 15 is 0 Å². The van der Waals surface area contributed by atoms with Crippen LogP contribution in [0.5, 0.6) is 0 Å². The first-order valence-corrected chi connectivity index (χ1v) is 12.7. The molecule has 3 heterocycles. The van der Waals surface area contributed by atoms with Gasteiger partial charge >= 0.3 is 0 Å². The molecule has 1 saturated carbocycles. The maximum atomic E-state index is 12.8. The third kappa shape index (κ3) is 3.24. The second kappa shape index (κ2) is 7.98. The van der Waals surface area contributed by atoms with Gasteiger partial charge in [-0.2, -0.15) is 0 Å². The van der Waals surface area contributed by atoms with Crippen molar-refractivity contribution >= 4 is 11.7 Å². The zero-order valence-corrected chi connectivity index (χ0v) is 19.9. The Bertz CT molecular complexity index is 1510. The number of hydrogen-bond donors (Lipinski definition) is 2. The molecule has 178 valence electrons. The number of benzene rings is 2. The largest absolute Gasteiger partial charge is 0.354 e. The maximum absolute atomic E-state index is 12.8. The van der Waals surface area contributed by atoms with Gasteiger partial charge in [0.25, 0.3) is 5.91 Å². The van der Waals surface area contributed by atoms with Crippen molar-refractivity contribution in [2.24, 2.45) is 0 Å². The molecule has 3 aliphatic rings. The molecule has 2 aromatic carbocycles. The van der Waals surface area contributed by atoms with E-state index in [1.807, 2.05) is 60.8 Å². The zero-order chi connectivity index (χ0) is 24.3. The number of H-pyrrole nitrogens is 1. The molecule has 6 heteroatoms. The number of amides is 1. The topological polar surface area (TPSA) is 87.7 Å². The van der Waals surface area contributed by atoms with Crippen LogP contribution in [-0.4, -0.2) is 26.6 Å². The van der Waals surface area contributed by atoms with Gasteiger partial charge in [0, 0.05) is 23.7 Å². The lowest BCUT2D eigenvalue weighted by Gasteiger charge is -2.38. The molecule has 0 atom stereocenters. The monoisotopic (exact) mass is 474 g/mol. The fourth-order valence-electron chi connectivity index (χ4n) is 5.91. The van der Waals surface area contributed by atoms with E-state index in [1.165, 1.54) is 5.56 Å². The Balaban J connectivity index is 1.16. The molecule has 0 saturated heterocycles. The number of carbonyl (C=O) groups excluding carboxylic acids is 2. The molecular formula is C30H26N4O2. The number of nitrogens with one attached hydrogen (secondary N) is 2. The Hall–Kier alpha value is -4.06. The Kier molecular flexibility index (Phi) is 4.71. The Morgan fingerprint density at radius 3 is 2.56 bits per heavy atom. The molecule has 0 bridgehead atoms. The normalized spacial score (nSPS) is 16.6. The predicted molar refractivity (Wildman–Crippen MR) is 137 cm³/mol. The van der Waals surface area contributed by atoms with Gasteiger partial charge in [-0.15, -0.1) is 0 Å². The van der Waals surface area contributed by atoms with E-state index in [0.717, 1.165) is 77.9 Å². The number of fused-ring (bicyclic) bond motifs is 6.